The minimum atomic E-state index is -1.17. The number of hydrogen-bond donors (Lipinski definition) is 6. The fourth-order valence-corrected chi connectivity index (χ4v) is 3.32. The third kappa shape index (κ3) is 9.88. The lowest BCUT2D eigenvalue weighted by Crippen LogP contribution is -2.58. The fourth-order valence-electron chi connectivity index (χ4n) is 3.32. The normalized spacial score (nSPS) is 15.3. The number of rotatable bonds is 15. The number of carboxylic acids is 1. The van der Waals surface area contributed by atoms with Crippen LogP contribution in [0.4, 0.5) is 0 Å². The molecular weight excluding hydrogens is 438 g/mol. The van der Waals surface area contributed by atoms with Gasteiger partial charge in [-0.3, -0.25) is 14.4 Å². The maximum Gasteiger partial charge on any atom is 0.326 e. The Balaban J connectivity index is 2.79. The van der Waals surface area contributed by atoms with Crippen molar-refractivity contribution in [2.45, 2.75) is 77.0 Å². The minimum absolute atomic E-state index is 0.109. The second kappa shape index (κ2) is 15.0. The van der Waals surface area contributed by atoms with Crippen LogP contribution in [-0.4, -0.2) is 59.5 Å². The largest absolute Gasteiger partial charge is 0.480 e. The first-order valence-corrected chi connectivity index (χ1v) is 11.7. The molecule has 0 radical (unpaired) electrons. The van der Waals surface area contributed by atoms with Crippen LogP contribution < -0.4 is 27.4 Å². The molecule has 1 aromatic rings. The van der Waals surface area contributed by atoms with Crippen molar-refractivity contribution in [3.63, 3.8) is 0 Å². The van der Waals surface area contributed by atoms with Gasteiger partial charge in [-0.25, -0.2) is 4.79 Å². The molecule has 0 aromatic heterocycles. The number of unbranched alkanes of at least 4 members (excludes halogenated alkanes) is 1. The Bertz CT molecular complexity index is 804. The molecule has 190 valence electrons. The molecule has 0 aliphatic rings. The first-order chi connectivity index (χ1) is 16.1. The van der Waals surface area contributed by atoms with E-state index in [4.69, 9.17) is 11.5 Å². The van der Waals surface area contributed by atoms with E-state index in [9.17, 15) is 24.3 Å². The van der Waals surface area contributed by atoms with Crippen LogP contribution in [0.5, 0.6) is 0 Å². The van der Waals surface area contributed by atoms with Crippen molar-refractivity contribution in [1.82, 2.24) is 16.0 Å². The van der Waals surface area contributed by atoms with Crippen molar-refractivity contribution < 1.29 is 24.3 Å². The maximum absolute atomic E-state index is 13.0. The van der Waals surface area contributed by atoms with Crippen molar-refractivity contribution in [3.8, 4) is 0 Å². The Hall–Kier alpha value is -2.98. The molecule has 0 saturated carbocycles. The second-order valence-electron chi connectivity index (χ2n) is 8.58. The molecule has 0 bridgehead atoms. The maximum atomic E-state index is 13.0. The van der Waals surface area contributed by atoms with E-state index in [1.54, 1.807) is 31.2 Å². The van der Waals surface area contributed by atoms with Crippen LogP contribution >= 0.6 is 0 Å². The Morgan fingerprint density at radius 2 is 1.59 bits per heavy atom. The van der Waals surface area contributed by atoms with E-state index in [1.807, 2.05) is 13.0 Å². The van der Waals surface area contributed by atoms with Crippen LogP contribution in [-0.2, 0) is 25.6 Å². The van der Waals surface area contributed by atoms with E-state index in [0.717, 1.165) is 12.0 Å². The van der Waals surface area contributed by atoms with Crippen LogP contribution in [0.15, 0.2) is 30.3 Å². The Morgan fingerprint density at radius 3 is 2.15 bits per heavy atom. The third-order valence-electron chi connectivity index (χ3n) is 5.75. The topological polar surface area (TPSA) is 177 Å². The molecule has 1 aromatic carbocycles. The Morgan fingerprint density at radius 1 is 0.941 bits per heavy atom. The lowest BCUT2D eigenvalue weighted by Gasteiger charge is -2.27. The molecule has 0 aliphatic heterocycles. The Labute approximate surface area is 201 Å². The van der Waals surface area contributed by atoms with Gasteiger partial charge in [0.25, 0.3) is 0 Å². The van der Waals surface area contributed by atoms with Crippen molar-refractivity contribution in [1.29, 1.82) is 0 Å². The Kier molecular flexibility index (Phi) is 12.8. The van der Waals surface area contributed by atoms with Crippen LogP contribution in [0.1, 0.15) is 52.0 Å². The van der Waals surface area contributed by atoms with Gasteiger partial charge < -0.3 is 32.5 Å². The highest BCUT2D eigenvalue weighted by atomic mass is 16.4. The first-order valence-electron chi connectivity index (χ1n) is 11.7. The average Bonchev–Trinajstić information content (AvgIpc) is 2.81. The number of carboxylic acid groups (broad SMARTS) is 1. The standard InChI is InChI=1S/C24H39N5O5/c1-4-15(2)20(23(32)28-19(24(33)34)14-17-10-6-5-7-11-17)29-21(30)16(3)27-22(31)18(26)12-8-9-13-25/h5-7,10-11,15-16,18-20H,4,8-9,12-14,25-26H2,1-3H3,(H,27,31)(H,28,32)(H,29,30)(H,33,34). The SMILES string of the molecule is CCC(C)C(NC(=O)C(C)NC(=O)C(N)CCCCN)C(=O)NC(Cc1ccccc1)C(=O)O. The van der Waals surface area contributed by atoms with Crippen molar-refractivity contribution in [2.75, 3.05) is 6.54 Å². The monoisotopic (exact) mass is 477 g/mol. The van der Waals surface area contributed by atoms with Gasteiger partial charge in [-0.2, -0.15) is 0 Å². The predicted molar refractivity (Wildman–Crippen MR) is 130 cm³/mol. The summed E-state index contributed by atoms with van der Waals surface area (Å²) in [6.45, 7) is 5.66. The molecule has 34 heavy (non-hydrogen) atoms. The highest BCUT2D eigenvalue weighted by molar-refractivity contribution is 5.94. The fraction of sp³-hybridized carbons (Fsp3) is 0.583. The number of carbonyl (C=O) groups is 4. The molecule has 5 atom stereocenters. The second-order valence-corrected chi connectivity index (χ2v) is 8.58. The molecule has 1 rings (SSSR count). The summed E-state index contributed by atoms with van der Waals surface area (Å²) in [6, 6.07) is 5.16. The van der Waals surface area contributed by atoms with Crippen LogP contribution in [0.2, 0.25) is 0 Å². The van der Waals surface area contributed by atoms with Gasteiger partial charge in [0, 0.05) is 6.42 Å². The summed E-state index contributed by atoms with van der Waals surface area (Å²) in [6.07, 6.45) is 2.59. The molecule has 10 heteroatoms. The molecule has 10 nitrogen and oxygen atoms in total. The van der Waals surface area contributed by atoms with Gasteiger partial charge in [-0.15, -0.1) is 0 Å². The van der Waals surface area contributed by atoms with Crippen LogP contribution in [0, 0.1) is 5.92 Å². The smallest absolute Gasteiger partial charge is 0.326 e. The molecule has 8 N–H and O–H groups in total. The molecule has 3 amide bonds. The van der Waals surface area contributed by atoms with E-state index in [-0.39, 0.29) is 12.3 Å². The highest BCUT2D eigenvalue weighted by Gasteiger charge is 2.31. The van der Waals surface area contributed by atoms with Crippen molar-refractivity contribution in [3.05, 3.63) is 35.9 Å². The predicted octanol–water partition coefficient (Wildman–Crippen LogP) is 0.290. The summed E-state index contributed by atoms with van der Waals surface area (Å²) in [7, 11) is 0. The number of nitrogens with two attached hydrogens (primary N) is 2. The molecule has 5 unspecified atom stereocenters. The van der Waals surface area contributed by atoms with Crippen LogP contribution in [0.3, 0.4) is 0 Å². The summed E-state index contributed by atoms with van der Waals surface area (Å²) in [5.74, 6) is -3.05. The zero-order chi connectivity index (χ0) is 25.7. The summed E-state index contributed by atoms with van der Waals surface area (Å²) < 4.78 is 0. The van der Waals surface area contributed by atoms with Gasteiger partial charge in [0.2, 0.25) is 17.7 Å². The van der Waals surface area contributed by atoms with Crippen molar-refractivity contribution in [2.24, 2.45) is 17.4 Å². The van der Waals surface area contributed by atoms with E-state index < -0.39 is 47.9 Å². The third-order valence-corrected chi connectivity index (χ3v) is 5.75. The lowest BCUT2D eigenvalue weighted by molar-refractivity contribution is -0.142. The molecule has 0 fully saturated rings. The minimum Gasteiger partial charge on any atom is -0.480 e. The zero-order valence-electron chi connectivity index (χ0n) is 20.3. The van der Waals surface area contributed by atoms with E-state index in [1.165, 1.54) is 6.92 Å². The highest BCUT2D eigenvalue weighted by Crippen LogP contribution is 2.10. The number of amides is 3. The van der Waals surface area contributed by atoms with Gasteiger partial charge in [-0.05, 0) is 37.8 Å². The summed E-state index contributed by atoms with van der Waals surface area (Å²) in [5, 5.41) is 17.4. The van der Waals surface area contributed by atoms with Crippen molar-refractivity contribution >= 4 is 23.7 Å². The van der Waals surface area contributed by atoms with Gasteiger partial charge in [0.15, 0.2) is 0 Å². The molecular formula is C24H39N5O5. The summed E-state index contributed by atoms with van der Waals surface area (Å²) in [5.41, 5.74) is 12.1. The van der Waals surface area contributed by atoms with Gasteiger partial charge in [0.1, 0.15) is 18.1 Å². The summed E-state index contributed by atoms with van der Waals surface area (Å²) in [4.78, 5) is 49.7. The number of benzene rings is 1. The number of nitrogens with one attached hydrogen (secondary N) is 3. The van der Waals surface area contributed by atoms with E-state index in [2.05, 4.69) is 16.0 Å². The van der Waals surface area contributed by atoms with Crippen LogP contribution in [0.25, 0.3) is 0 Å². The summed E-state index contributed by atoms with van der Waals surface area (Å²) >= 11 is 0. The first kappa shape index (κ1) is 29.1. The number of carbonyl (C=O) groups excluding carboxylic acids is 3. The quantitative estimate of drug-likeness (QED) is 0.197. The number of aliphatic carboxylic acids is 1. The molecule has 0 aliphatic carbocycles. The van der Waals surface area contributed by atoms with E-state index >= 15 is 0 Å². The lowest BCUT2D eigenvalue weighted by atomic mass is 9.97. The average molecular weight is 478 g/mol. The van der Waals surface area contributed by atoms with Gasteiger partial charge in [0.05, 0.1) is 6.04 Å². The van der Waals surface area contributed by atoms with E-state index in [0.29, 0.717) is 25.8 Å². The number of hydrogen-bond acceptors (Lipinski definition) is 6. The zero-order valence-corrected chi connectivity index (χ0v) is 20.3. The van der Waals surface area contributed by atoms with Gasteiger partial charge >= 0.3 is 5.97 Å². The molecule has 0 saturated heterocycles. The van der Waals surface area contributed by atoms with Gasteiger partial charge in [-0.1, -0.05) is 57.0 Å². The molecule has 0 spiro atoms. The molecule has 0 heterocycles.